The number of nitrogens with one attached hydrogen (secondary N) is 1. The maximum absolute atomic E-state index is 12.7. The molecule has 1 atom stereocenters. The van der Waals surface area contributed by atoms with Gasteiger partial charge in [0.2, 0.25) is 0 Å². The van der Waals surface area contributed by atoms with Gasteiger partial charge in [0.25, 0.3) is 5.91 Å². The molecule has 1 aromatic carbocycles. The maximum Gasteiger partial charge on any atom is 0.254 e. The number of methoxy groups -OCH3 is 1. The standard InChI is InChI=1S/C18H27ClN2O3/c1-12(2)11-24-17-15(19)7-14(8-16(17)23-4)18(22)21-6-5-13(10-21)9-20-3/h7-8,12-13,20H,5-6,9-11H2,1-4H3. The first-order valence-corrected chi connectivity index (χ1v) is 8.78. The highest BCUT2D eigenvalue weighted by molar-refractivity contribution is 6.32. The van der Waals surface area contributed by atoms with Gasteiger partial charge in [-0.1, -0.05) is 25.4 Å². The topological polar surface area (TPSA) is 50.8 Å². The van der Waals surface area contributed by atoms with Crippen molar-refractivity contribution in [1.29, 1.82) is 0 Å². The predicted octanol–water partition coefficient (Wildman–Crippen LogP) is 3.06. The van der Waals surface area contributed by atoms with Gasteiger partial charge >= 0.3 is 0 Å². The van der Waals surface area contributed by atoms with Gasteiger partial charge in [-0.15, -0.1) is 0 Å². The van der Waals surface area contributed by atoms with E-state index in [1.807, 2.05) is 11.9 Å². The molecule has 1 aromatic rings. The largest absolute Gasteiger partial charge is 0.493 e. The lowest BCUT2D eigenvalue weighted by molar-refractivity contribution is 0.0786. The first-order valence-electron chi connectivity index (χ1n) is 8.40. The number of halogens is 1. The summed E-state index contributed by atoms with van der Waals surface area (Å²) in [6, 6.07) is 3.39. The zero-order valence-corrected chi connectivity index (χ0v) is 15.7. The number of amides is 1. The van der Waals surface area contributed by atoms with Crippen molar-refractivity contribution >= 4 is 17.5 Å². The van der Waals surface area contributed by atoms with Crippen molar-refractivity contribution in [3.05, 3.63) is 22.7 Å². The van der Waals surface area contributed by atoms with E-state index in [2.05, 4.69) is 19.2 Å². The molecule has 0 saturated carbocycles. The smallest absolute Gasteiger partial charge is 0.254 e. The molecule has 0 radical (unpaired) electrons. The van der Waals surface area contributed by atoms with Gasteiger partial charge < -0.3 is 19.7 Å². The molecule has 1 heterocycles. The summed E-state index contributed by atoms with van der Waals surface area (Å²) in [6.07, 6.45) is 1.02. The van der Waals surface area contributed by atoms with E-state index in [4.69, 9.17) is 21.1 Å². The monoisotopic (exact) mass is 354 g/mol. The summed E-state index contributed by atoms with van der Waals surface area (Å²) >= 11 is 6.34. The number of carbonyl (C=O) groups is 1. The normalized spacial score (nSPS) is 17.4. The average Bonchev–Trinajstić information content (AvgIpc) is 3.01. The van der Waals surface area contributed by atoms with Gasteiger partial charge in [0.1, 0.15) is 0 Å². The van der Waals surface area contributed by atoms with E-state index in [9.17, 15) is 4.79 Å². The van der Waals surface area contributed by atoms with Crippen molar-refractivity contribution < 1.29 is 14.3 Å². The molecule has 0 aromatic heterocycles. The molecule has 1 aliphatic heterocycles. The van der Waals surface area contributed by atoms with Crippen molar-refractivity contribution in [2.24, 2.45) is 11.8 Å². The first-order chi connectivity index (χ1) is 11.5. The first kappa shape index (κ1) is 18.9. The van der Waals surface area contributed by atoms with Crippen molar-refractivity contribution in [3.63, 3.8) is 0 Å². The minimum Gasteiger partial charge on any atom is -0.493 e. The van der Waals surface area contributed by atoms with Crippen molar-refractivity contribution in [3.8, 4) is 11.5 Å². The van der Waals surface area contributed by atoms with Crippen LogP contribution in [0.2, 0.25) is 5.02 Å². The summed E-state index contributed by atoms with van der Waals surface area (Å²) < 4.78 is 11.1. The van der Waals surface area contributed by atoms with Gasteiger partial charge in [-0.25, -0.2) is 0 Å². The third kappa shape index (κ3) is 4.54. The fourth-order valence-electron chi connectivity index (χ4n) is 2.89. The van der Waals surface area contributed by atoms with Gasteiger partial charge in [0.15, 0.2) is 11.5 Å². The molecule has 5 nitrogen and oxygen atoms in total. The molecule has 134 valence electrons. The lowest BCUT2D eigenvalue weighted by atomic mass is 10.1. The van der Waals surface area contributed by atoms with Gasteiger partial charge in [0, 0.05) is 18.7 Å². The molecule has 2 rings (SSSR count). The van der Waals surface area contributed by atoms with Gasteiger partial charge in [0.05, 0.1) is 18.7 Å². The fourth-order valence-corrected chi connectivity index (χ4v) is 3.15. The lowest BCUT2D eigenvalue weighted by Crippen LogP contribution is -2.30. The van der Waals surface area contributed by atoms with E-state index in [1.54, 1.807) is 19.2 Å². The molecule has 24 heavy (non-hydrogen) atoms. The van der Waals surface area contributed by atoms with Crippen LogP contribution in [0.25, 0.3) is 0 Å². The second-order valence-electron chi connectivity index (χ2n) is 6.66. The summed E-state index contributed by atoms with van der Waals surface area (Å²) in [7, 11) is 3.49. The van der Waals surface area contributed by atoms with Crippen LogP contribution in [0.4, 0.5) is 0 Å². The van der Waals surface area contributed by atoms with Crippen molar-refractivity contribution in [1.82, 2.24) is 10.2 Å². The molecular weight excluding hydrogens is 328 g/mol. The van der Waals surface area contributed by atoms with Crippen LogP contribution in [0.3, 0.4) is 0 Å². The lowest BCUT2D eigenvalue weighted by Gasteiger charge is -2.19. The van der Waals surface area contributed by atoms with E-state index in [-0.39, 0.29) is 5.91 Å². The number of rotatable bonds is 7. The van der Waals surface area contributed by atoms with Crippen LogP contribution in [-0.2, 0) is 0 Å². The minimum atomic E-state index is -0.00999. The molecule has 0 bridgehead atoms. The highest BCUT2D eigenvalue weighted by Gasteiger charge is 2.27. The summed E-state index contributed by atoms with van der Waals surface area (Å²) in [4.78, 5) is 14.6. The fraction of sp³-hybridized carbons (Fsp3) is 0.611. The third-order valence-corrected chi connectivity index (χ3v) is 4.38. The maximum atomic E-state index is 12.7. The Morgan fingerprint density at radius 2 is 2.21 bits per heavy atom. The third-order valence-electron chi connectivity index (χ3n) is 4.10. The van der Waals surface area contributed by atoms with E-state index in [0.717, 1.165) is 26.1 Å². The molecule has 1 N–H and O–H groups in total. The Hall–Kier alpha value is -1.46. The van der Waals surface area contributed by atoms with Crippen LogP contribution in [0.15, 0.2) is 12.1 Å². The number of nitrogens with zero attached hydrogens (tertiary/aromatic N) is 1. The van der Waals surface area contributed by atoms with Gasteiger partial charge in [-0.05, 0) is 44.0 Å². The summed E-state index contributed by atoms with van der Waals surface area (Å²) in [6.45, 7) is 7.14. The van der Waals surface area contributed by atoms with Crippen LogP contribution in [0.1, 0.15) is 30.6 Å². The van der Waals surface area contributed by atoms with E-state index in [0.29, 0.717) is 40.5 Å². The minimum absolute atomic E-state index is 0.00999. The molecule has 1 saturated heterocycles. The molecule has 1 fully saturated rings. The van der Waals surface area contributed by atoms with Crippen LogP contribution >= 0.6 is 11.6 Å². The zero-order valence-electron chi connectivity index (χ0n) is 14.9. The molecule has 0 aliphatic carbocycles. The van der Waals surface area contributed by atoms with E-state index in [1.165, 1.54) is 0 Å². The Labute approximate surface area is 149 Å². The van der Waals surface area contributed by atoms with Gasteiger partial charge in [-0.3, -0.25) is 4.79 Å². The Morgan fingerprint density at radius 3 is 2.83 bits per heavy atom. The molecular formula is C18H27ClN2O3. The zero-order chi connectivity index (χ0) is 17.7. The molecule has 0 spiro atoms. The van der Waals surface area contributed by atoms with E-state index >= 15 is 0 Å². The second-order valence-corrected chi connectivity index (χ2v) is 7.07. The van der Waals surface area contributed by atoms with Crippen LogP contribution in [-0.4, -0.2) is 51.2 Å². The Morgan fingerprint density at radius 1 is 1.46 bits per heavy atom. The highest BCUT2D eigenvalue weighted by atomic mass is 35.5. The van der Waals surface area contributed by atoms with Crippen LogP contribution in [0, 0.1) is 11.8 Å². The second kappa shape index (κ2) is 8.58. The number of hydrogen-bond donors (Lipinski definition) is 1. The number of carbonyl (C=O) groups excluding carboxylic acids is 1. The highest BCUT2D eigenvalue weighted by Crippen LogP contribution is 2.37. The molecule has 1 amide bonds. The number of likely N-dealkylation sites (tertiary alicyclic amines) is 1. The summed E-state index contributed by atoms with van der Waals surface area (Å²) in [5, 5.41) is 3.58. The number of ether oxygens (including phenoxy) is 2. The van der Waals surface area contributed by atoms with Crippen LogP contribution < -0.4 is 14.8 Å². The Balaban J connectivity index is 2.16. The number of benzene rings is 1. The summed E-state index contributed by atoms with van der Waals surface area (Å²) in [5.41, 5.74) is 0.541. The van der Waals surface area contributed by atoms with Crippen LogP contribution in [0.5, 0.6) is 11.5 Å². The Bertz CT molecular complexity index is 578. The Kier molecular flexibility index (Phi) is 6.75. The molecule has 6 heteroatoms. The van der Waals surface area contributed by atoms with Crippen molar-refractivity contribution in [2.75, 3.05) is 40.4 Å². The molecule has 1 unspecified atom stereocenters. The van der Waals surface area contributed by atoms with E-state index < -0.39 is 0 Å². The van der Waals surface area contributed by atoms with Gasteiger partial charge in [-0.2, -0.15) is 0 Å². The quantitative estimate of drug-likeness (QED) is 0.817. The molecule has 1 aliphatic rings. The van der Waals surface area contributed by atoms with Crippen molar-refractivity contribution in [2.45, 2.75) is 20.3 Å². The summed E-state index contributed by atoms with van der Waals surface area (Å²) in [5.74, 6) is 1.87. The predicted molar refractivity (Wildman–Crippen MR) is 96.3 cm³/mol. The average molecular weight is 355 g/mol. The SMILES string of the molecule is CNCC1CCN(C(=O)c2cc(Cl)c(OCC(C)C)c(OC)c2)C1. The number of hydrogen-bond acceptors (Lipinski definition) is 4.